The Labute approximate surface area is 131 Å². The predicted molar refractivity (Wildman–Crippen MR) is 83.8 cm³/mol. The molecule has 0 fully saturated rings. The lowest BCUT2D eigenvalue weighted by Crippen LogP contribution is -2.01. The lowest BCUT2D eigenvalue weighted by atomic mass is 10.0. The first kappa shape index (κ1) is 14.5. The summed E-state index contributed by atoms with van der Waals surface area (Å²) in [7, 11) is 0. The van der Waals surface area contributed by atoms with Gasteiger partial charge in [0.05, 0.1) is 11.3 Å². The smallest absolute Gasteiger partial charge is 0.336 e. The van der Waals surface area contributed by atoms with E-state index in [1.807, 2.05) is 25.1 Å². The number of fused-ring (bicyclic) bond motifs is 1. The number of aryl methyl sites for hydroxylation is 1. The molecule has 1 N–H and O–H groups in total. The number of carbonyl (C=O) groups is 1. The third-order valence-electron chi connectivity index (χ3n) is 3.38. The van der Waals surface area contributed by atoms with Gasteiger partial charge in [-0.05, 0) is 31.2 Å². The molecule has 0 saturated heterocycles. The van der Waals surface area contributed by atoms with E-state index in [9.17, 15) is 14.3 Å². The standard InChI is InChI=1S/C17H11ClFNO2/c1-9-3-2-4-10(5-9)15-8-13(17(21)22)12-6-11(18)7-14(19)16(12)20-15/h2-8H,1H3,(H,21,22). The van der Waals surface area contributed by atoms with E-state index in [1.54, 1.807) is 6.07 Å². The van der Waals surface area contributed by atoms with Crippen LogP contribution in [0.15, 0.2) is 42.5 Å². The molecule has 1 heterocycles. The summed E-state index contributed by atoms with van der Waals surface area (Å²) in [6.07, 6.45) is 0. The van der Waals surface area contributed by atoms with Crippen molar-refractivity contribution in [2.45, 2.75) is 6.92 Å². The minimum atomic E-state index is -1.15. The Kier molecular flexibility index (Phi) is 3.54. The fourth-order valence-electron chi connectivity index (χ4n) is 2.38. The minimum absolute atomic E-state index is 0.000746. The number of rotatable bonds is 2. The monoisotopic (exact) mass is 315 g/mol. The number of nitrogens with zero attached hydrogens (tertiary/aromatic N) is 1. The van der Waals surface area contributed by atoms with Gasteiger partial charge in [0.15, 0.2) is 5.82 Å². The Morgan fingerprint density at radius 3 is 2.68 bits per heavy atom. The number of halogens is 2. The number of hydrogen-bond acceptors (Lipinski definition) is 2. The zero-order chi connectivity index (χ0) is 15.9. The number of aromatic nitrogens is 1. The number of hydrogen-bond donors (Lipinski definition) is 1. The maximum atomic E-state index is 14.1. The Balaban J connectivity index is 2.37. The molecule has 0 aliphatic carbocycles. The van der Waals surface area contributed by atoms with Crippen molar-refractivity contribution >= 4 is 28.5 Å². The second-order valence-corrected chi connectivity index (χ2v) is 5.45. The third kappa shape index (κ3) is 2.53. The Morgan fingerprint density at radius 2 is 2.00 bits per heavy atom. The van der Waals surface area contributed by atoms with Crippen LogP contribution in [0.1, 0.15) is 15.9 Å². The lowest BCUT2D eigenvalue weighted by Gasteiger charge is -2.09. The van der Waals surface area contributed by atoms with Crippen molar-refractivity contribution in [3.63, 3.8) is 0 Å². The van der Waals surface area contributed by atoms with Gasteiger partial charge in [0, 0.05) is 16.0 Å². The number of carboxylic acids is 1. The maximum Gasteiger partial charge on any atom is 0.336 e. The SMILES string of the molecule is Cc1cccc(-c2cc(C(=O)O)c3cc(Cl)cc(F)c3n2)c1. The van der Waals surface area contributed by atoms with Gasteiger partial charge in [-0.25, -0.2) is 14.2 Å². The average Bonchev–Trinajstić information content (AvgIpc) is 2.46. The van der Waals surface area contributed by atoms with Crippen molar-refractivity contribution in [1.82, 2.24) is 4.98 Å². The fourth-order valence-corrected chi connectivity index (χ4v) is 2.59. The number of aromatic carboxylic acids is 1. The van der Waals surface area contributed by atoms with E-state index >= 15 is 0 Å². The summed E-state index contributed by atoms with van der Waals surface area (Å²) in [5, 5.41) is 9.72. The molecule has 22 heavy (non-hydrogen) atoms. The topological polar surface area (TPSA) is 50.2 Å². The summed E-state index contributed by atoms with van der Waals surface area (Å²) < 4.78 is 14.1. The molecular weight excluding hydrogens is 305 g/mol. The van der Waals surface area contributed by atoms with Gasteiger partial charge in [0.25, 0.3) is 0 Å². The fraction of sp³-hybridized carbons (Fsp3) is 0.0588. The number of carboxylic acid groups (broad SMARTS) is 1. The molecule has 2 aromatic carbocycles. The minimum Gasteiger partial charge on any atom is -0.478 e. The number of pyridine rings is 1. The first-order chi connectivity index (χ1) is 10.5. The molecule has 0 bridgehead atoms. The molecule has 110 valence electrons. The van der Waals surface area contributed by atoms with Crippen molar-refractivity contribution in [2.24, 2.45) is 0 Å². The largest absolute Gasteiger partial charge is 0.478 e. The van der Waals surface area contributed by atoms with Crippen molar-refractivity contribution in [3.05, 3.63) is 64.4 Å². The summed E-state index contributed by atoms with van der Waals surface area (Å²) in [5.41, 5.74) is 2.13. The van der Waals surface area contributed by atoms with E-state index in [1.165, 1.54) is 12.1 Å². The highest BCUT2D eigenvalue weighted by Gasteiger charge is 2.16. The Bertz CT molecular complexity index is 909. The molecule has 3 nitrogen and oxygen atoms in total. The molecule has 0 radical (unpaired) electrons. The third-order valence-corrected chi connectivity index (χ3v) is 3.59. The van der Waals surface area contributed by atoms with Gasteiger partial charge >= 0.3 is 5.97 Å². The quantitative estimate of drug-likeness (QED) is 0.745. The second kappa shape index (κ2) is 5.39. The Morgan fingerprint density at radius 1 is 1.23 bits per heavy atom. The zero-order valence-corrected chi connectivity index (χ0v) is 12.4. The summed E-state index contributed by atoms with van der Waals surface area (Å²) in [4.78, 5) is 15.8. The molecule has 0 spiro atoms. The number of benzene rings is 2. The summed E-state index contributed by atoms with van der Waals surface area (Å²) in [6, 6.07) is 11.4. The molecule has 0 aliphatic heterocycles. The normalized spacial score (nSPS) is 10.9. The van der Waals surface area contributed by atoms with Crippen LogP contribution in [-0.2, 0) is 0 Å². The lowest BCUT2D eigenvalue weighted by molar-refractivity contribution is 0.0699. The van der Waals surface area contributed by atoms with Gasteiger partial charge in [0.1, 0.15) is 5.52 Å². The maximum absolute atomic E-state index is 14.1. The van der Waals surface area contributed by atoms with E-state index in [4.69, 9.17) is 11.6 Å². The van der Waals surface area contributed by atoms with Gasteiger partial charge in [0.2, 0.25) is 0 Å². The Hall–Kier alpha value is -2.46. The summed E-state index contributed by atoms with van der Waals surface area (Å²) in [6.45, 7) is 1.92. The van der Waals surface area contributed by atoms with E-state index in [2.05, 4.69) is 4.98 Å². The highest BCUT2D eigenvalue weighted by Crippen LogP contribution is 2.29. The van der Waals surface area contributed by atoms with Gasteiger partial charge in [-0.15, -0.1) is 0 Å². The van der Waals surface area contributed by atoms with E-state index in [0.717, 1.165) is 17.2 Å². The second-order valence-electron chi connectivity index (χ2n) is 5.01. The molecule has 3 aromatic rings. The van der Waals surface area contributed by atoms with Crippen LogP contribution < -0.4 is 0 Å². The molecule has 3 rings (SSSR count). The molecular formula is C17H11ClFNO2. The molecule has 0 amide bonds. The summed E-state index contributed by atoms with van der Waals surface area (Å²) >= 11 is 5.82. The predicted octanol–water partition coefficient (Wildman–Crippen LogP) is 4.70. The molecule has 5 heteroatoms. The van der Waals surface area contributed by atoms with Crippen molar-refractivity contribution in [3.8, 4) is 11.3 Å². The van der Waals surface area contributed by atoms with Crippen LogP contribution in [0.4, 0.5) is 4.39 Å². The van der Waals surface area contributed by atoms with E-state index < -0.39 is 11.8 Å². The highest BCUT2D eigenvalue weighted by atomic mass is 35.5. The van der Waals surface area contributed by atoms with Gasteiger partial charge in [-0.1, -0.05) is 35.4 Å². The van der Waals surface area contributed by atoms with Crippen molar-refractivity contribution in [2.75, 3.05) is 0 Å². The average molecular weight is 316 g/mol. The molecule has 1 aromatic heterocycles. The van der Waals surface area contributed by atoms with E-state index in [-0.39, 0.29) is 21.5 Å². The van der Waals surface area contributed by atoms with Crippen LogP contribution in [0, 0.1) is 12.7 Å². The molecule has 0 aliphatic rings. The molecule has 0 atom stereocenters. The summed E-state index contributed by atoms with van der Waals surface area (Å²) in [5.74, 6) is -1.79. The van der Waals surface area contributed by atoms with Crippen molar-refractivity contribution in [1.29, 1.82) is 0 Å². The van der Waals surface area contributed by atoms with Crippen LogP contribution in [-0.4, -0.2) is 16.1 Å². The first-order valence-electron chi connectivity index (χ1n) is 6.56. The molecule has 0 saturated carbocycles. The van der Waals surface area contributed by atoms with Crippen LogP contribution in [0.25, 0.3) is 22.2 Å². The van der Waals surface area contributed by atoms with Gasteiger partial charge < -0.3 is 5.11 Å². The van der Waals surface area contributed by atoms with Crippen LogP contribution in [0.3, 0.4) is 0 Å². The molecule has 0 unspecified atom stereocenters. The zero-order valence-electron chi connectivity index (χ0n) is 11.6. The van der Waals surface area contributed by atoms with Crippen molar-refractivity contribution < 1.29 is 14.3 Å². The van der Waals surface area contributed by atoms with Gasteiger partial charge in [-0.2, -0.15) is 0 Å². The van der Waals surface area contributed by atoms with Gasteiger partial charge in [-0.3, -0.25) is 0 Å². The van der Waals surface area contributed by atoms with Crippen LogP contribution in [0.5, 0.6) is 0 Å². The first-order valence-corrected chi connectivity index (χ1v) is 6.93. The van der Waals surface area contributed by atoms with Crippen LogP contribution >= 0.6 is 11.6 Å². The van der Waals surface area contributed by atoms with Crippen LogP contribution in [0.2, 0.25) is 5.02 Å². The highest BCUT2D eigenvalue weighted by molar-refractivity contribution is 6.31. The van der Waals surface area contributed by atoms with E-state index in [0.29, 0.717) is 5.69 Å².